The van der Waals surface area contributed by atoms with Crippen molar-refractivity contribution >= 4 is 18.0 Å². The van der Waals surface area contributed by atoms with Gasteiger partial charge in [0.25, 0.3) is 0 Å². The summed E-state index contributed by atoms with van der Waals surface area (Å²) in [6.45, 7) is 5.38. The van der Waals surface area contributed by atoms with Crippen LogP contribution in [0.3, 0.4) is 0 Å². The molecule has 2 fully saturated rings. The highest BCUT2D eigenvalue weighted by atomic mass is 16.6. The topological polar surface area (TPSA) is 93.7 Å². The first-order chi connectivity index (χ1) is 10.7. The first-order valence-corrected chi connectivity index (χ1v) is 8.09. The molecule has 0 aliphatic heterocycles. The van der Waals surface area contributed by atoms with Gasteiger partial charge in [-0.05, 0) is 46.5 Å². The van der Waals surface area contributed by atoms with Crippen molar-refractivity contribution in [3.8, 4) is 0 Å². The van der Waals surface area contributed by atoms with Crippen molar-refractivity contribution in [2.75, 3.05) is 7.11 Å². The molecule has 0 unspecified atom stereocenters. The Morgan fingerprint density at radius 3 is 1.91 bits per heavy atom. The van der Waals surface area contributed by atoms with E-state index in [0.717, 1.165) is 25.7 Å². The maximum Gasteiger partial charge on any atom is 0.407 e. The van der Waals surface area contributed by atoms with Crippen LogP contribution in [0.2, 0.25) is 0 Å². The van der Waals surface area contributed by atoms with Crippen LogP contribution in [0.1, 0.15) is 46.5 Å². The fourth-order valence-corrected chi connectivity index (χ4v) is 2.84. The van der Waals surface area contributed by atoms with Gasteiger partial charge >= 0.3 is 12.1 Å². The predicted octanol–water partition coefficient (Wildman–Crippen LogP) is 1.36. The van der Waals surface area contributed by atoms with Gasteiger partial charge in [0.15, 0.2) is 0 Å². The lowest BCUT2D eigenvalue weighted by atomic mass is 9.76. The molecule has 2 aliphatic rings. The second-order valence-electron chi connectivity index (χ2n) is 7.26. The molecule has 2 saturated carbocycles. The molecule has 0 heterocycles. The van der Waals surface area contributed by atoms with E-state index in [4.69, 9.17) is 9.47 Å². The van der Waals surface area contributed by atoms with E-state index in [9.17, 15) is 14.4 Å². The largest absolute Gasteiger partial charge is 0.469 e. The minimum Gasteiger partial charge on any atom is -0.469 e. The van der Waals surface area contributed by atoms with Gasteiger partial charge in [0.05, 0.1) is 18.9 Å². The predicted molar refractivity (Wildman–Crippen MR) is 82.6 cm³/mol. The van der Waals surface area contributed by atoms with Gasteiger partial charge in [-0.15, -0.1) is 0 Å². The summed E-state index contributed by atoms with van der Waals surface area (Å²) in [5, 5.41) is 5.65. The minimum absolute atomic E-state index is 0.115. The van der Waals surface area contributed by atoms with Crippen LogP contribution in [0.4, 0.5) is 4.79 Å². The number of alkyl carbamates (subject to hydrolysis) is 1. The van der Waals surface area contributed by atoms with Crippen molar-refractivity contribution in [3.05, 3.63) is 0 Å². The third-order valence-corrected chi connectivity index (χ3v) is 4.42. The Balaban J connectivity index is 1.79. The van der Waals surface area contributed by atoms with E-state index in [0.29, 0.717) is 0 Å². The number of rotatable bonds is 4. The molecule has 0 aromatic rings. The summed E-state index contributed by atoms with van der Waals surface area (Å²) in [6, 6.07) is -0.362. The fourth-order valence-electron chi connectivity index (χ4n) is 2.84. The second-order valence-corrected chi connectivity index (χ2v) is 7.26. The van der Waals surface area contributed by atoms with Gasteiger partial charge in [0.2, 0.25) is 5.91 Å². The first-order valence-electron chi connectivity index (χ1n) is 8.09. The van der Waals surface area contributed by atoms with Crippen LogP contribution in [-0.2, 0) is 19.1 Å². The average Bonchev–Trinajstić information content (AvgIpc) is 2.37. The molecular weight excluding hydrogens is 300 g/mol. The molecule has 2 rings (SSSR count). The minimum atomic E-state index is -0.564. The number of methoxy groups -OCH3 is 1. The van der Waals surface area contributed by atoms with Gasteiger partial charge in [0, 0.05) is 12.1 Å². The van der Waals surface area contributed by atoms with Crippen molar-refractivity contribution < 1.29 is 23.9 Å². The number of amides is 2. The monoisotopic (exact) mass is 326 g/mol. The standard InChI is InChI=1S/C16H26N2O5/c1-16(2,3)23-15(21)18-11-7-5-9(11)13(19)17-12-8-6-10(12)14(20)22-4/h9-12H,5-8H2,1-4H3,(H,17,19)(H,18,21)/t9-,10-,11-,12+/m0/s1. The number of hydrogen-bond donors (Lipinski definition) is 2. The Labute approximate surface area is 136 Å². The summed E-state index contributed by atoms with van der Waals surface area (Å²) < 4.78 is 9.93. The fraction of sp³-hybridized carbons (Fsp3) is 0.812. The zero-order valence-electron chi connectivity index (χ0n) is 14.2. The van der Waals surface area contributed by atoms with Crippen LogP contribution in [0.25, 0.3) is 0 Å². The Kier molecular flexibility index (Phi) is 5.16. The van der Waals surface area contributed by atoms with Crippen LogP contribution in [0, 0.1) is 11.8 Å². The van der Waals surface area contributed by atoms with Gasteiger partial charge in [-0.2, -0.15) is 0 Å². The molecule has 0 radical (unpaired) electrons. The van der Waals surface area contributed by atoms with Gasteiger partial charge < -0.3 is 20.1 Å². The number of carbonyl (C=O) groups is 3. The van der Waals surface area contributed by atoms with Crippen LogP contribution in [0.5, 0.6) is 0 Å². The first kappa shape index (κ1) is 17.6. The molecule has 0 aromatic carbocycles. The van der Waals surface area contributed by atoms with E-state index in [-0.39, 0.29) is 35.8 Å². The molecule has 4 atom stereocenters. The van der Waals surface area contributed by atoms with Crippen LogP contribution >= 0.6 is 0 Å². The molecule has 0 spiro atoms. The van der Waals surface area contributed by atoms with E-state index >= 15 is 0 Å². The molecule has 23 heavy (non-hydrogen) atoms. The van der Waals surface area contributed by atoms with Crippen LogP contribution in [0.15, 0.2) is 0 Å². The Morgan fingerprint density at radius 1 is 0.913 bits per heavy atom. The van der Waals surface area contributed by atoms with Crippen molar-refractivity contribution in [1.29, 1.82) is 0 Å². The van der Waals surface area contributed by atoms with Crippen molar-refractivity contribution in [2.45, 2.75) is 64.1 Å². The maximum absolute atomic E-state index is 12.3. The lowest BCUT2D eigenvalue weighted by molar-refractivity contribution is -0.150. The normalized spacial score (nSPS) is 29.6. The van der Waals surface area contributed by atoms with Crippen LogP contribution < -0.4 is 10.6 Å². The zero-order valence-corrected chi connectivity index (χ0v) is 14.2. The SMILES string of the molecule is COC(=O)[C@H]1CC[C@H]1NC(=O)[C@H]1CC[C@@H]1NC(=O)OC(C)(C)C. The molecule has 0 bridgehead atoms. The molecule has 2 amide bonds. The quantitative estimate of drug-likeness (QED) is 0.761. The molecule has 7 heteroatoms. The van der Waals surface area contributed by atoms with Crippen molar-refractivity contribution in [3.63, 3.8) is 0 Å². The molecule has 0 aromatic heterocycles. The van der Waals surface area contributed by atoms with Gasteiger partial charge in [0.1, 0.15) is 5.60 Å². The number of esters is 1. The highest BCUT2D eigenvalue weighted by molar-refractivity contribution is 5.83. The molecule has 2 aliphatic carbocycles. The summed E-state index contributed by atoms with van der Waals surface area (Å²) in [6.07, 6.45) is 2.49. The van der Waals surface area contributed by atoms with Crippen molar-refractivity contribution in [2.24, 2.45) is 11.8 Å². The highest BCUT2D eigenvalue weighted by Crippen LogP contribution is 2.32. The number of ether oxygens (including phenoxy) is 2. The highest BCUT2D eigenvalue weighted by Gasteiger charge is 2.43. The summed E-state index contributed by atoms with van der Waals surface area (Å²) >= 11 is 0. The molecule has 2 N–H and O–H groups in total. The lowest BCUT2D eigenvalue weighted by Gasteiger charge is -2.40. The Bertz CT molecular complexity index is 485. The van der Waals surface area contributed by atoms with Gasteiger partial charge in [-0.1, -0.05) is 0 Å². The molecule has 0 saturated heterocycles. The van der Waals surface area contributed by atoms with E-state index in [1.165, 1.54) is 7.11 Å². The lowest BCUT2D eigenvalue weighted by Crippen LogP contribution is -2.58. The smallest absolute Gasteiger partial charge is 0.407 e. The van der Waals surface area contributed by atoms with E-state index in [1.54, 1.807) is 20.8 Å². The second kappa shape index (κ2) is 6.76. The van der Waals surface area contributed by atoms with Gasteiger partial charge in [-0.25, -0.2) is 4.79 Å². The average molecular weight is 326 g/mol. The third kappa shape index (κ3) is 4.36. The number of nitrogens with one attached hydrogen (secondary N) is 2. The Morgan fingerprint density at radius 2 is 1.48 bits per heavy atom. The van der Waals surface area contributed by atoms with Crippen molar-refractivity contribution in [1.82, 2.24) is 10.6 Å². The maximum atomic E-state index is 12.3. The number of hydrogen-bond acceptors (Lipinski definition) is 5. The summed E-state index contributed by atoms with van der Waals surface area (Å²) in [5.41, 5.74) is -0.564. The van der Waals surface area contributed by atoms with Gasteiger partial charge in [-0.3, -0.25) is 9.59 Å². The summed E-state index contributed by atoms with van der Waals surface area (Å²) in [7, 11) is 1.35. The molecular formula is C16H26N2O5. The summed E-state index contributed by atoms with van der Waals surface area (Å²) in [5.74, 6) is -0.905. The van der Waals surface area contributed by atoms with E-state index < -0.39 is 11.7 Å². The number of carbonyl (C=O) groups excluding carboxylic acids is 3. The van der Waals surface area contributed by atoms with Crippen LogP contribution in [-0.4, -0.2) is 42.8 Å². The summed E-state index contributed by atoms with van der Waals surface area (Å²) in [4.78, 5) is 35.6. The zero-order chi connectivity index (χ0) is 17.2. The Hall–Kier alpha value is -1.79. The molecule has 7 nitrogen and oxygen atoms in total. The third-order valence-electron chi connectivity index (χ3n) is 4.42. The van der Waals surface area contributed by atoms with E-state index in [2.05, 4.69) is 10.6 Å². The molecule has 130 valence electrons. The van der Waals surface area contributed by atoms with E-state index in [1.807, 2.05) is 0 Å².